The van der Waals surface area contributed by atoms with E-state index in [1.54, 1.807) is 0 Å². The number of ether oxygens (including phenoxy) is 1. The minimum absolute atomic E-state index is 0.141. The lowest BCUT2D eigenvalue weighted by molar-refractivity contribution is 0.266. The summed E-state index contributed by atoms with van der Waals surface area (Å²) in [6.07, 6.45) is 0. The lowest BCUT2D eigenvalue weighted by Gasteiger charge is -2.13. The highest BCUT2D eigenvalue weighted by Gasteiger charge is 2.09. The zero-order chi connectivity index (χ0) is 9.68. The molecule has 1 aromatic carbocycles. The molecule has 0 heterocycles. The molecule has 0 amide bonds. The number of aliphatic hydroxyl groups is 1. The maximum atomic E-state index is 9.03. The van der Waals surface area contributed by atoms with Gasteiger partial charge in [0.25, 0.3) is 0 Å². The average Bonchev–Trinajstić information content (AvgIpc) is 2.18. The van der Waals surface area contributed by atoms with Gasteiger partial charge in [-0.25, -0.2) is 0 Å². The van der Waals surface area contributed by atoms with Crippen molar-refractivity contribution in [3.63, 3.8) is 0 Å². The first kappa shape index (κ1) is 10.1. The van der Waals surface area contributed by atoms with Crippen LogP contribution in [0.1, 0.15) is 25.3 Å². The van der Waals surface area contributed by atoms with Gasteiger partial charge in [-0.2, -0.15) is 0 Å². The smallest absolute Gasteiger partial charge is 0.122 e. The zero-order valence-electron chi connectivity index (χ0n) is 8.16. The van der Waals surface area contributed by atoms with Crippen molar-refractivity contribution < 1.29 is 9.84 Å². The third-order valence-corrected chi connectivity index (χ3v) is 2.02. The number of benzene rings is 1. The van der Waals surface area contributed by atoms with Crippen molar-refractivity contribution in [1.29, 1.82) is 0 Å². The Morgan fingerprint density at radius 3 is 2.69 bits per heavy atom. The number of aliphatic hydroxyl groups excluding tert-OH is 1. The van der Waals surface area contributed by atoms with Gasteiger partial charge in [0, 0.05) is 12.5 Å². The van der Waals surface area contributed by atoms with Crippen molar-refractivity contribution >= 4 is 0 Å². The van der Waals surface area contributed by atoms with Gasteiger partial charge in [-0.05, 0) is 18.6 Å². The van der Waals surface area contributed by atoms with Crippen LogP contribution in [-0.4, -0.2) is 18.3 Å². The van der Waals surface area contributed by atoms with Crippen LogP contribution in [0.4, 0.5) is 0 Å². The number of hydrogen-bond donors (Lipinski definition) is 1. The van der Waals surface area contributed by atoms with Crippen molar-refractivity contribution in [2.24, 2.45) is 0 Å². The van der Waals surface area contributed by atoms with Crippen molar-refractivity contribution in [1.82, 2.24) is 0 Å². The molecule has 0 radical (unpaired) electrons. The molecular formula is C11H16O2. The van der Waals surface area contributed by atoms with E-state index in [2.05, 4.69) is 0 Å². The van der Waals surface area contributed by atoms with Crippen molar-refractivity contribution in [3.05, 3.63) is 29.8 Å². The van der Waals surface area contributed by atoms with Crippen LogP contribution in [0, 0.1) is 0 Å². The Hall–Kier alpha value is -1.02. The van der Waals surface area contributed by atoms with Gasteiger partial charge in [0.1, 0.15) is 5.75 Å². The fraction of sp³-hybridized carbons (Fsp3) is 0.455. The van der Waals surface area contributed by atoms with E-state index in [4.69, 9.17) is 9.84 Å². The van der Waals surface area contributed by atoms with Gasteiger partial charge in [0.15, 0.2) is 0 Å². The van der Waals surface area contributed by atoms with Gasteiger partial charge in [-0.15, -0.1) is 0 Å². The molecule has 2 heteroatoms. The Morgan fingerprint density at radius 2 is 2.08 bits per heavy atom. The van der Waals surface area contributed by atoms with Crippen LogP contribution in [0.2, 0.25) is 0 Å². The summed E-state index contributed by atoms with van der Waals surface area (Å²) < 4.78 is 5.45. The number of para-hydroxylation sites is 1. The molecule has 2 nitrogen and oxygen atoms in total. The van der Waals surface area contributed by atoms with E-state index in [0.717, 1.165) is 11.3 Å². The second-order valence-electron chi connectivity index (χ2n) is 3.05. The normalized spacial score (nSPS) is 12.5. The molecule has 0 fully saturated rings. The molecule has 0 aromatic heterocycles. The molecule has 13 heavy (non-hydrogen) atoms. The van der Waals surface area contributed by atoms with E-state index in [-0.39, 0.29) is 12.5 Å². The molecule has 72 valence electrons. The quantitative estimate of drug-likeness (QED) is 0.769. The molecule has 1 unspecified atom stereocenters. The summed E-state index contributed by atoms with van der Waals surface area (Å²) in [6.45, 7) is 4.76. The van der Waals surface area contributed by atoms with Crippen molar-refractivity contribution in [2.45, 2.75) is 19.8 Å². The van der Waals surface area contributed by atoms with Gasteiger partial charge >= 0.3 is 0 Å². The first-order valence-corrected chi connectivity index (χ1v) is 4.62. The third kappa shape index (κ3) is 2.46. The minimum atomic E-state index is 0.141. The fourth-order valence-corrected chi connectivity index (χ4v) is 1.27. The average molecular weight is 180 g/mol. The maximum absolute atomic E-state index is 9.03. The fourth-order valence-electron chi connectivity index (χ4n) is 1.27. The molecule has 1 aromatic rings. The van der Waals surface area contributed by atoms with E-state index in [1.807, 2.05) is 38.1 Å². The monoisotopic (exact) mass is 180 g/mol. The van der Waals surface area contributed by atoms with Crippen LogP contribution in [0.3, 0.4) is 0 Å². The van der Waals surface area contributed by atoms with Gasteiger partial charge in [0.05, 0.1) is 6.61 Å². The van der Waals surface area contributed by atoms with E-state index in [9.17, 15) is 0 Å². The summed E-state index contributed by atoms with van der Waals surface area (Å²) in [5.74, 6) is 1.02. The molecule has 0 aliphatic heterocycles. The first-order valence-electron chi connectivity index (χ1n) is 4.62. The van der Waals surface area contributed by atoms with Crippen LogP contribution in [0.5, 0.6) is 5.75 Å². The minimum Gasteiger partial charge on any atom is -0.494 e. The van der Waals surface area contributed by atoms with Crippen LogP contribution in [-0.2, 0) is 0 Å². The van der Waals surface area contributed by atoms with Crippen LogP contribution in [0.25, 0.3) is 0 Å². The summed E-state index contributed by atoms with van der Waals surface area (Å²) >= 11 is 0. The topological polar surface area (TPSA) is 29.5 Å². The molecule has 0 aliphatic rings. The Bertz CT molecular complexity index is 258. The van der Waals surface area contributed by atoms with Gasteiger partial charge in [-0.1, -0.05) is 25.1 Å². The predicted molar refractivity (Wildman–Crippen MR) is 53.1 cm³/mol. The summed E-state index contributed by atoms with van der Waals surface area (Å²) in [6, 6.07) is 7.83. The molecule has 0 saturated heterocycles. The second kappa shape index (κ2) is 4.87. The molecular weight excluding hydrogens is 164 g/mol. The second-order valence-corrected chi connectivity index (χ2v) is 3.05. The van der Waals surface area contributed by atoms with Gasteiger partial charge < -0.3 is 9.84 Å². The van der Waals surface area contributed by atoms with E-state index >= 15 is 0 Å². The summed E-state index contributed by atoms with van der Waals surface area (Å²) in [4.78, 5) is 0. The summed E-state index contributed by atoms with van der Waals surface area (Å²) in [7, 11) is 0. The van der Waals surface area contributed by atoms with E-state index < -0.39 is 0 Å². The molecule has 1 atom stereocenters. The Kier molecular flexibility index (Phi) is 3.77. The third-order valence-electron chi connectivity index (χ3n) is 2.02. The molecule has 1 rings (SSSR count). The van der Waals surface area contributed by atoms with Crippen molar-refractivity contribution in [3.8, 4) is 5.75 Å². The van der Waals surface area contributed by atoms with Crippen molar-refractivity contribution in [2.75, 3.05) is 13.2 Å². The van der Waals surface area contributed by atoms with Gasteiger partial charge in [0.2, 0.25) is 0 Å². The van der Waals surface area contributed by atoms with E-state index in [0.29, 0.717) is 6.61 Å². The largest absolute Gasteiger partial charge is 0.494 e. The maximum Gasteiger partial charge on any atom is 0.122 e. The molecule has 0 aliphatic carbocycles. The van der Waals surface area contributed by atoms with Crippen LogP contribution < -0.4 is 4.74 Å². The zero-order valence-corrected chi connectivity index (χ0v) is 8.16. The highest BCUT2D eigenvalue weighted by molar-refractivity contribution is 5.35. The Balaban J connectivity index is 2.90. The summed E-state index contributed by atoms with van der Waals surface area (Å²) in [5, 5.41) is 9.03. The molecule has 1 N–H and O–H groups in total. The SMILES string of the molecule is CCOc1ccccc1C(C)CO. The summed E-state index contributed by atoms with van der Waals surface area (Å²) in [5.41, 5.74) is 1.08. The van der Waals surface area contributed by atoms with Gasteiger partial charge in [-0.3, -0.25) is 0 Å². The van der Waals surface area contributed by atoms with Crippen LogP contribution >= 0.6 is 0 Å². The predicted octanol–water partition coefficient (Wildman–Crippen LogP) is 2.18. The highest BCUT2D eigenvalue weighted by atomic mass is 16.5. The highest BCUT2D eigenvalue weighted by Crippen LogP contribution is 2.25. The van der Waals surface area contributed by atoms with E-state index in [1.165, 1.54) is 0 Å². The van der Waals surface area contributed by atoms with Crippen LogP contribution in [0.15, 0.2) is 24.3 Å². The number of hydrogen-bond acceptors (Lipinski definition) is 2. The molecule has 0 bridgehead atoms. The number of rotatable bonds is 4. The lowest BCUT2D eigenvalue weighted by atomic mass is 10.0. The molecule has 0 saturated carbocycles. The Labute approximate surface area is 79.2 Å². The standard InChI is InChI=1S/C11H16O2/c1-3-13-11-7-5-4-6-10(11)9(2)8-12/h4-7,9,12H,3,8H2,1-2H3. The lowest BCUT2D eigenvalue weighted by Crippen LogP contribution is -2.03. The Morgan fingerprint density at radius 1 is 1.38 bits per heavy atom. The molecule has 0 spiro atoms. The first-order chi connectivity index (χ1) is 6.29.